The van der Waals surface area contributed by atoms with Crippen molar-refractivity contribution in [1.82, 2.24) is 9.78 Å². The number of amides is 1. The Morgan fingerprint density at radius 2 is 2.05 bits per heavy atom. The molecule has 1 amide bonds. The van der Waals surface area contributed by atoms with Gasteiger partial charge in [0.1, 0.15) is 0 Å². The van der Waals surface area contributed by atoms with Gasteiger partial charge in [-0.05, 0) is 25.1 Å². The first-order valence-corrected chi connectivity index (χ1v) is 6.24. The van der Waals surface area contributed by atoms with Crippen molar-refractivity contribution in [1.29, 1.82) is 0 Å². The highest BCUT2D eigenvalue weighted by Crippen LogP contribution is 2.36. The molecule has 0 atom stereocenters. The number of nitrogens with one attached hydrogen (secondary N) is 1. The third-order valence-corrected chi connectivity index (χ3v) is 3.03. The molecule has 4 nitrogen and oxygen atoms in total. The molecule has 21 heavy (non-hydrogen) atoms. The van der Waals surface area contributed by atoms with E-state index in [0.29, 0.717) is 5.69 Å². The molecule has 1 N–H and O–H groups in total. The molecule has 0 bridgehead atoms. The minimum atomic E-state index is -4.61. The smallest absolute Gasteiger partial charge is 0.321 e. The fraction of sp³-hybridized carbons (Fsp3) is 0.231. The molecule has 0 radical (unpaired) electrons. The van der Waals surface area contributed by atoms with Crippen molar-refractivity contribution >= 4 is 23.2 Å². The highest BCUT2D eigenvalue weighted by atomic mass is 35.5. The van der Waals surface area contributed by atoms with Crippen molar-refractivity contribution in [3.05, 3.63) is 46.2 Å². The second kappa shape index (κ2) is 5.40. The van der Waals surface area contributed by atoms with Gasteiger partial charge in [-0.2, -0.15) is 18.3 Å². The van der Waals surface area contributed by atoms with Gasteiger partial charge in [0.25, 0.3) is 5.91 Å². The molecule has 0 aliphatic heterocycles. The van der Waals surface area contributed by atoms with E-state index in [1.165, 1.54) is 16.9 Å². The van der Waals surface area contributed by atoms with E-state index in [9.17, 15) is 18.0 Å². The normalized spacial score (nSPS) is 11.5. The molecular formula is C13H11ClF3N3O. The zero-order valence-electron chi connectivity index (χ0n) is 11.1. The lowest BCUT2D eigenvalue weighted by Crippen LogP contribution is -2.17. The van der Waals surface area contributed by atoms with E-state index in [1.807, 2.05) is 0 Å². The van der Waals surface area contributed by atoms with Gasteiger partial charge in [-0.15, -0.1) is 0 Å². The summed E-state index contributed by atoms with van der Waals surface area (Å²) in [6.45, 7) is 1.60. The summed E-state index contributed by atoms with van der Waals surface area (Å²) in [6, 6.07) is 3.17. The van der Waals surface area contributed by atoms with E-state index < -0.39 is 17.6 Å². The van der Waals surface area contributed by atoms with Crippen LogP contribution in [0.5, 0.6) is 0 Å². The van der Waals surface area contributed by atoms with E-state index in [4.69, 9.17) is 11.6 Å². The van der Waals surface area contributed by atoms with Crippen LogP contribution >= 0.6 is 11.6 Å². The molecule has 0 unspecified atom stereocenters. The lowest BCUT2D eigenvalue weighted by molar-refractivity contribution is -0.136. The maximum absolute atomic E-state index is 12.9. The van der Waals surface area contributed by atoms with Crippen LogP contribution in [0.4, 0.5) is 18.9 Å². The summed E-state index contributed by atoms with van der Waals surface area (Å²) < 4.78 is 40.2. The average Bonchev–Trinajstić information content (AvgIpc) is 2.69. The maximum Gasteiger partial charge on any atom is 0.418 e. The molecule has 0 fully saturated rings. The molecule has 0 saturated carbocycles. The van der Waals surface area contributed by atoms with Crippen molar-refractivity contribution in [2.24, 2.45) is 7.05 Å². The molecule has 1 heterocycles. The van der Waals surface area contributed by atoms with Gasteiger partial charge < -0.3 is 5.32 Å². The van der Waals surface area contributed by atoms with Crippen molar-refractivity contribution in [2.45, 2.75) is 13.1 Å². The lowest BCUT2D eigenvalue weighted by Gasteiger charge is -2.13. The molecular weight excluding hydrogens is 307 g/mol. The predicted molar refractivity (Wildman–Crippen MR) is 72.4 cm³/mol. The number of aryl methyl sites for hydroxylation is 2. The van der Waals surface area contributed by atoms with Gasteiger partial charge in [-0.1, -0.05) is 11.6 Å². The monoisotopic (exact) mass is 317 g/mol. The summed E-state index contributed by atoms with van der Waals surface area (Å²) in [5.41, 5.74) is -0.705. The van der Waals surface area contributed by atoms with Crippen molar-refractivity contribution in [2.75, 3.05) is 5.32 Å². The largest absolute Gasteiger partial charge is 0.418 e. The number of alkyl halides is 3. The molecule has 112 valence electrons. The topological polar surface area (TPSA) is 46.9 Å². The Kier molecular flexibility index (Phi) is 3.95. The highest BCUT2D eigenvalue weighted by Gasteiger charge is 2.34. The molecule has 2 aromatic rings. The Hall–Kier alpha value is -2.02. The van der Waals surface area contributed by atoms with Crippen LogP contribution in [0.25, 0.3) is 0 Å². The number of carbonyl (C=O) groups is 1. The number of nitrogens with zero attached hydrogens (tertiary/aromatic N) is 2. The Balaban J connectivity index is 2.36. The van der Waals surface area contributed by atoms with E-state index in [2.05, 4.69) is 10.4 Å². The van der Waals surface area contributed by atoms with E-state index in [-0.39, 0.29) is 16.3 Å². The van der Waals surface area contributed by atoms with Crippen LogP contribution in [-0.4, -0.2) is 15.7 Å². The quantitative estimate of drug-likeness (QED) is 0.919. The van der Waals surface area contributed by atoms with E-state index >= 15 is 0 Å². The summed E-state index contributed by atoms with van der Waals surface area (Å²) in [7, 11) is 1.62. The third-order valence-electron chi connectivity index (χ3n) is 2.79. The Morgan fingerprint density at radius 3 is 2.57 bits per heavy atom. The fourth-order valence-corrected chi connectivity index (χ4v) is 2.04. The van der Waals surface area contributed by atoms with E-state index in [0.717, 1.165) is 12.1 Å². The van der Waals surface area contributed by atoms with Gasteiger partial charge in [0, 0.05) is 18.3 Å². The Bertz CT molecular complexity index is 694. The highest BCUT2D eigenvalue weighted by molar-refractivity contribution is 6.30. The second-order valence-electron chi connectivity index (χ2n) is 4.44. The zero-order valence-corrected chi connectivity index (χ0v) is 11.9. The van der Waals surface area contributed by atoms with Crippen molar-refractivity contribution in [3.8, 4) is 0 Å². The number of hydrogen-bond acceptors (Lipinski definition) is 2. The zero-order chi connectivity index (χ0) is 15.8. The van der Waals surface area contributed by atoms with Gasteiger partial charge >= 0.3 is 6.18 Å². The van der Waals surface area contributed by atoms with Crippen LogP contribution in [0, 0.1) is 6.92 Å². The molecule has 0 aliphatic carbocycles. The third kappa shape index (κ3) is 3.36. The molecule has 1 aromatic carbocycles. The van der Waals surface area contributed by atoms with Crippen LogP contribution in [0.3, 0.4) is 0 Å². The minimum Gasteiger partial charge on any atom is -0.321 e. The lowest BCUT2D eigenvalue weighted by atomic mass is 10.1. The summed E-state index contributed by atoms with van der Waals surface area (Å²) in [5.74, 6) is -0.659. The van der Waals surface area contributed by atoms with Crippen LogP contribution in [-0.2, 0) is 13.2 Å². The summed E-state index contributed by atoms with van der Waals surface area (Å²) in [5, 5.41) is 6.16. The first kappa shape index (κ1) is 15.4. The van der Waals surface area contributed by atoms with Crippen molar-refractivity contribution < 1.29 is 18.0 Å². The number of benzene rings is 1. The number of halogens is 4. The minimum absolute atomic E-state index is 0.0575. The standard InChI is InChI=1S/C13H11ClF3N3O/c1-7-9(6-20(2)19-7)12(21)18-11-4-3-8(14)5-10(11)13(15,16)17/h3-6H,1-2H3,(H,18,21). The van der Waals surface area contributed by atoms with Gasteiger partial charge in [0.2, 0.25) is 0 Å². The van der Waals surface area contributed by atoms with E-state index in [1.54, 1.807) is 14.0 Å². The molecule has 8 heteroatoms. The summed E-state index contributed by atoms with van der Waals surface area (Å²) >= 11 is 5.58. The van der Waals surface area contributed by atoms with Crippen molar-refractivity contribution in [3.63, 3.8) is 0 Å². The van der Waals surface area contributed by atoms with Gasteiger partial charge in [0.15, 0.2) is 0 Å². The molecule has 2 rings (SSSR count). The first-order valence-electron chi connectivity index (χ1n) is 5.87. The Labute approximate surface area is 123 Å². The molecule has 0 aliphatic rings. The SMILES string of the molecule is Cc1nn(C)cc1C(=O)Nc1ccc(Cl)cc1C(F)(F)F. The van der Waals surface area contributed by atoms with Crippen LogP contribution in [0.2, 0.25) is 5.02 Å². The molecule has 0 spiro atoms. The fourth-order valence-electron chi connectivity index (χ4n) is 1.87. The summed E-state index contributed by atoms with van der Waals surface area (Å²) in [6.07, 6.45) is -3.18. The Morgan fingerprint density at radius 1 is 1.38 bits per heavy atom. The number of rotatable bonds is 2. The average molecular weight is 318 g/mol. The van der Waals surface area contributed by atoms with Gasteiger partial charge in [-0.25, -0.2) is 0 Å². The number of hydrogen-bond donors (Lipinski definition) is 1. The van der Waals surface area contributed by atoms with Crippen LogP contribution in [0.15, 0.2) is 24.4 Å². The predicted octanol–water partition coefficient (Wildman–Crippen LogP) is 3.65. The first-order chi connectivity index (χ1) is 9.68. The molecule has 0 saturated heterocycles. The number of aromatic nitrogens is 2. The van der Waals surface area contributed by atoms with Gasteiger partial charge in [-0.3, -0.25) is 9.48 Å². The number of carbonyl (C=O) groups excluding carboxylic acids is 1. The molecule has 1 aromatic heterocycles. The van der Waals surface area contributed by atoms with Gasteiger partial charge in [0.05, 0.1) is 22.5 Å². The van der Waals surface area contributed by atoms with Crippen LogP contribution in [0.1, 0.15) is 21.6 Å². The number of anilines is 1. The second-order valence-corrected chi connectivity index (χ2v) is 4.88. The van der Waals surface area contributed by atoms with Crippen LogP contribution < -0.4 is 5.32 Å². The summed E-state index contributed by atoms with van der Waals surface area (Å²) in [4.78, 5) is 12.0. The maximum atomic E-state index is 12.9.